The number of aliphatic hydroxyl groups is 1. The molecular weight excluding hydrogens is 408 g/mol. The van der Waals surface area contributed by atoms with Crippen LogP contribution in [0.5, 0.6) is 0 Å². The first-order chi connectivity index (χ1) is 15.1. The molecule has 0 aliphatic rings. The second-order valence-electron chi connectivity index (χ2n) is 9.32. The van der Waals surface area contributed by atoms with Crippen LogP contribution in [-0.2, 0) is 14.4 Å². The second-order valence-corrected chi connectivity index (χ2v) is 9.32. The molecule has 7 N–H and O–H groups in total. The second kappa shape index (κ2) is 17.2. The highest BCUT2D eigenvalue weighted by atomic mass is 16.3. The molecule has 0 heterocycles. The average Bonchev–Trinajstić information content (AvgIpc) is 2.75. The predicted molar refractivity (Wildman–Crippen MR) is 129 cm³/mol. The smallest absolute Gasteiger partial charge is 0.226 e. The van der Waals surface area contributed by atoms with Crippen molar-refractivity contribution in [3.63, 3.8) is 0 Å². The van der Waals surface area contributed by atoms with Gasteiger partial charge in [0.1, 0.15) is 0 Å². The Morgan fingerprint density at radius 3 is 2.09 bits per heavy atom. The number of rotatable bonds is 19. The SMILES string of the molecule is CC[C@H](C)CCCCCN[C@@H](CCN)C(=O)C[C@H](C(=O)N[C@@H](CN)C(=O)C(C)C)[C@H](C)O. The van der Waals surface area contributed by atoms with Gasteiger partial charge in [-0.05, 0) is 38.8 Å². The molecule has 0 aromatic heterocycles. The molecule has 0 radical (unpaired) electrons. The molecule has 0 aliphatic carbocycles. The van der Waals surface area contributed by atoms with Gasteiger partial charge >= 0.3 is 0 Å². The average molecular weight is 457 g/mol. The van der Waals surface area contributed by atoms with Gasteiger partial charge in [-0.1, -0.05) is 53.4 Å². The van der Waals surface area contributed by atoms with Gasteiger partial charge in [-0.15, -0.1) is 0 Å². The lowest BCUT2D eigenvalue weighted by Gasteiger charge is -2.25. The Morgan fingerprint density at radius 1 is 0.938 bits per heavy atom. The van der Waals surface area contributed by atoms with E-state index in [1.54, 1.807) is 13.8 Å². The van der Waals surface area contributed by atoms with Crippen LogP contribution in [-0.4, -0.2) is 60.4 Å². The van der Waals surface area contributed by atoms with Gasteiger partial charge < -0.3 is 27.2 Å². The number of hydrogen-bond acceptors (Lipinski definition) is 7. The van der Waals surface area contributed by atoms with Gasteiger partial charge in [-0.2, -0.15) is 0 Å². The van der Waals surface area contributed by atoms with Gasteiger partial charge in [0, 0.05) is 18.9 Å². The van der Waals surface area contributed by atoms with E-state index in [2.05, 4.69) is 24.5 Å². The maximum Gasteiger partial charge on any atom is 0.226 e. The van der Waals surface area contributed by atoms with Gasteiger partial charge in [-0.3, -0.25) is 14.4 Å². The van der Waals surface area contributed by atoms with Crippen molar-refractivity contribution >= 4 is 17.5 Å². The van der Waals surface area contributed by atoms with Crippen LogP contribution >= 0.6 is 0 Å². The maximum atomic E-state index is 12.9. The first-order valence-corrected chi connectivity index (χ1v) is 12.3. The summed E-state index contributed by atoms with van der Waals surface area (Å²) < 4.78 is 0. The maximum absolute atomic E-state index is 12.9. The number of hydrogen-bond donors (Lipinski definition) is 5. The van der Waals surface area contributed by atoms with Crippen LogP contribution in [0.25, 0.3) is 0 Å². The fraction of sp³-hybridized carbons (Fsp3) is 0.875. The van der Waals surface area contributed by atoms with Gasteiger partial charge in [-0.25, -0.2) is 0 Å². The summed E-state index contributed by atoms with van der Waals surface area (Å²) in [5.74, 6) is -1.35. The van der Waals surface area contributed by atoms with Crippen molar-refractivity contribution in [2.75, 3.05) is 19.6 Å². The number of nitrogens with two attached hydrogens (primary N) is 2. The molecule has 32 heavy (non-hydrogen) atoms. The monoisotopic (exact) mass is 456 g/mol. The van der Waals surface area contributed by atoms with Crippen molar-refractivity contribution in [3.05, 3.63) is 0 Å². The van der Waals surface area contributed by atoms with Crippen LogP contribution in [0, 0.1) is 17.8 Å². The quantitative estimate of drug-likeness (QED) is 0.185. The molecule has 188 valence electrons. The van der Waals surface area contributed by atoms with E-state index >= 15 is 0 Å². The van der Waals surface area contributed by atoms with E-state index < -0.39 is 30.0 Å². The molecule has 0 aromatic rings. The number of ketones is 2. The molecule has 8 nitrogen and oxygen atoms in total. The van der Waals surface area contributed by atoms with Gasteiger partial charge in [0.25, 0.3) is 0 Å². The van der Waals surface area contributed by atoms with Crippen molar-refractivity contribution in [2.24, 2.45) is 29.2 Å². The largest absolute Gasteiger partial charge is 0.393 e. The molecule has 0 aromatic carbocycles. The number of carbonyl (C=O) groups excluding carboxylic acids is 3. The molecule has 8 heteroatoms. The van der Waals surface area contributed by atoms with Crippen molar-refractivity contribution in [1.29, 1.82) is 0 Å². The van der Waals surface area contributed by atoms with E-state index in [0.29, 0.717) is 19.5 Å². The standard InChI is InChI=1S/C24H48N4O4/c1-6-17(4)10-8-7-9-13-27-20(11-12-25)22(30)14-19(18(5)29)24(32)28-21(15-26)23(31)16(2)3/h16-21,27,29H,6-15,25-26H2,1-5H3,(H,28,32)/t17-,18-,19-,20-,21-/m0/s1. The number of nitrogens with one attached hydrogen (secondary N) is 2. The highest BCUT2D eigenvalue weighted by Gasteiger charge is 2.32. The van der Waals surface area contributed by atoms with E-state index in [-0.39, 0.29) is 30.4 Å². The van der Waals surface area contributed by atoms with E-state index in [0.717, 1.165) is 18.8 Å². The third kappa shape index (κ3) is 12.0. The van der Waals surface area contributed by atoms with Crippen molar-refractivity contribution < 1.29 is 19.5 Å². The highest BCUT2D eigenvalue weighted by molar-refractivity contribution is 5.93. The van der Waals surface area contributed by atoms with Crippen molar-refractivity contribution in [2.45, 2.75) is 97.8 Å². The van der Waals surface area contributed by atoms with Crippen molar-refractivity contribution in [1.82, 2.24) is 10.6 Å². The summed E-state index contributed by atoms with van der Waals surface area (Å²) in [6.45, 7) is 10.4. The van der Waals surface area contributed by atoms with Crippen LogP contribution in [0.15, 0.2) is 0 Å². The zero-order chi connectivity index (χ0) is 24.7. The number of Topliss-reactive ketones (excluding diaryl/α,β-unsaturated/α-hetero) is 2. The highest BCUT2D eigenvalue weighted by Crippen LogP contribution is 2.15. The van der Waals surface area contributed by atoms with E-state index in [9.17, 15) is 19.5 Å². The van der Waals surface area contributed by atoms with Crippen LogP contribution in [0.1, 0.15) is 79.6 Å². The minimum absolute atomic E-state index is 0.0301. The minimum Gasteiger partial charge on any atom is -0.393 e. The molecule has 1 amide bonds. The minimum atomic E-state index is -1.04. The Bertz CT molecular complexity index is 554. The fourth-order valence-corrected chi connectivity index (χ4v) is 3.59. The zero-order valence-corrected chi connectivity index (χ0v) is 20.9. The Kier molecular flexibility index (Phi) is 16.4. The summed E-state index contributed by atoms with van der Waals surface area (Å²) in [6.07, 6.45) is 4.97. The number of unbranched alkanes of at least 4 members (excludes halogenated alkanes) is 2. The lowest BCUT2D eigenvalue weighted by molar-refractivity contribution is -0.136. The van der Waals surface area contributed by atoms with Crippen LogP contribution in [0.2, 0.25) is 0 Å². The first-order valence-electron chi connectivity index (χ1n) is 12.3. The van der Waals surface area contributed by atoms with Crippen LogP contribution in [0.4, 0.5) is 0 Å². The Morgan fingerprint density at radius 2 is 1.59 bits per heavy atom. The Balaban J connectivity index is 4.84. The summed E-state index contributed by atoms with van der Waals surface area (Å²) in [4.78, 5) is 37.8. The zero-order valence-electron chi connectivity index (χ0n) is 20.9. The molecular formula is C24H48N4O4. The lowest BCUT2D eigenvalue weighted by Crippen LogP contribution is -2.51. The number of carbonyl (C=O) groups is 3. The summed E-state index contributed by atoms with van der Waals surface area (Å²) in [5.41, 5.74) is 11.3. The van der Waals surface area contributed by atoms with Gasteiger partial charge in [0.15, 0.2) is 11.6 Å². The van der Waals surface area contributed by atoms with Gasteiger partial charge in [0.2, 0.25) is 5.91 Å². The van der Waals surface area contributed by atoms with Crippen molar-refractivity contribution in [3.8, 4) is 0 Å². The molecule has 0 rings (SSSR count). The molecule has 0 unspecified atom stereocenters. The summed E-state index contributed by atoms with van der Waals surface area (Å²) in [6, 6.07) is -1.28. The van der Waals surface area contributed by atoms with Crippen LogP contribution in [0.3, 0.4) is 0 Å². The topological polar surface area (TPSA) is 148 Å². The van der Waals surface area contributed by atoms with E-state index in [4.69, 9.17) is 11.5 Å². The Hall–Kier alpha value is -1.35. The third-order valence-electron chi connectivity index (χ3n) is 6.11. The van der Waals surface area contributed by atoms with E-state index in [1.807, 2.05) is 0 Å². The molecule has 0 bridgehead atoms. The molecule has 0 fully saturated rings. The number of amides is 1. The fourth-order valence-electron chi connectivity index (χ4n) is 3.59. The molecule has 5 atom stereocenters. The molecule has 0 aliphatic heterocycles. The van der Waals surface area contributed by atoms with Gasteiger partial charge in [0.05, 0.1) is 24.1 Å². The third-order valence-corrected chi connectivity index (χ3v) is 6.11. The Labute approximate surface area is 194 Å². The normalized spacial score (nSPS) is 16.3. The summed E-state index contributed by atoms with van der Waals surface area (Å²) in [7, 11) is 0. The molecule has 0 saturated carbocycles. The summed E-state index contributed by atoms with van der Waals surface area (Å²) in [5, 5.41) is 16.0. The van der Waals surface area contributed by atoms with Crippen LogP contribution < -0.4 is 22.1 Å². The number of aliphatic hydroxyl groups excluding tert-OH is 1. The molecule has 0 saturated heterocycles. The lowest BCUT2D eigenvalue weighted by atomic mass is 9.91. The first kappa shape index (κ1) is 30.6. The van der Waals surface area contributed by atoms with E-state index in [1.165, 1.54) is 26.2 Å². The predicted octanol–water partition coefficient (Wildman–Crippen LogP) is 1.52. The molecule has 0 spiro atoms. The summed E-state index contributed by atoms with van der Waals surface area (Å²) >= 11 is 0.